The zero-order chi connectivity index (χ0) is 22.0. The van der Waals surface area contributed by atoms with Gasteiger partial charge in [-0.25, -0.2) is 4.98 Å². The zero-order valence-electron chi connectivity index (χ0n) is 16.8. The van der Waals surface area contributed by atoms with Gasteiger partial charge in [0.25, 0.3) is 5.91 Å². The molecule has 0 saturated heterocycles. The van der Waals surface area contributed by atoms with Crippen LogP contribution in [0, 0.1) is 0 Å². The molecule has 0 atom stereocenters. The molecule has 4 rings (SSSR count). The van der Waals surface area contributed by atoms with Crippen LogP contribution in [0.1, 0.15) is 44.2 Å². The molecule has 2 heterocycles. The number of amides is 1. The quantitative estimate of drug-likeness (QED) is 0.647. The Morgan fingerprint density at radius 1 is 1.13 bits per heavy atom. The monoisotopic (exact) mass is 453 g/mol. The molecule has 0 bridgehead atoms. The summed E-state index contributed by atoms with van der Waals surface area (Å²) in [5, 5.41) is 7.24. The van der Waals surface area contributed by atoms with E-state index in [2.05, 4.69) is 15.6 Å². The molecule has 1 aromatic heterocycles. The second-order valence-corrected chi connectivity index (χ2v) is 8.38. The van der Waals surface area contributed by atoms with Crippen LogP contribution in [0.3, 0.4) is 0 Å². The molecule has 5 nitrogen and oxygen atoms in total. The van der Waals surface area contributed by atoms with E-state index in [0.717, 1.165) is 44.6 Å². The number of aromatic nitrogens is 1. The van der Waals surface area contributed by atoms with Gasteiger partial charge in [-0.2, -0.15) is 13.2 Å². The third kappa shape index (κ3) is 5.23. The normalized spacial score (nSPS) is 21.9. The number of alkyl halides is 3. The number of anilines is 1. The molecule has 1 aliphatic carbocycles. The van der Waals surface area contributed by atoms with Gasteiger partial charge in [0, 0.05) is 28.2 Å². The number of benzene rings is 1. The van der Waals surface area contributed by atoms with Crippen LogP contribution in [0.25, 0.3) is 10.9 Å². The molecule has 0 spiro atoms. The minimum absolute atomic E-state index is 0.0102. The smallest absolute Gasteiger partial charge is 0.433 e. The number of pyridine rings is 1. The van der Waals surface area contributed by atoms with Gasteiger partial charge in [0.05, 0.1) is 12.1 Å². The van der Waals surface area contributed by atoms with Crippen LogP contribution in [0.15, 0.2) is 36.1 Å². The Balaban J connectivity index is 1.44. The summed E-state index contributed by atoms with van der Waals surface area (Å²) < 4.78 is 45.3. The highest BCUT2D eigenvalue weighted by molar-refractivity contribution is 6.31. The molecule has 31 heavy (non-hydrogen) atoms. The lowest BCUT2D eigenvalue weighted by molar-refractivity contribution is -0.140. The van der Waals surface area contributed by atoms with Crippen molar-refractivity contribution >= 4 is 34.1 Å². The molecule has 2 N–H and O–H groups in total. The highest BCUT2D eigenvalue weighted by Crippen LogP contribution is 2.35. The molecule has 1 fully saturated rings. The fraction of sp³-hybridized carbons (Fsp3) is 0.455. The van der Waals surface area contributed by atoms with Crippen molar-refractivity contribution in [1.82, 2.24) is 10.3 Å². The number of rotatable bonds is 4. The van der Waals surface area contributed by atoms with E-state index in [0.29, 0.717) is 28.5 Å². The van der Waals surface area contributed by atoms with Crippen molar-refractivity contribution < 1.29 is 22.7 Å². The van der Waals surface area contributed by atoms with Crippen LogP contribution in [-0.2, 0) is 15.7 Å². The van der Waals surface area contributed by atoms with Crippen molar-refractivity contribution in [2.24, 2.45) is 0 Å². The van der Waals surface area contributed by atoms with Gasteiger partial charge in [-0.05, 0) is 68.9 Å². The van der Waals surface area contributed by atoms with Crippen molar-refractivity contribution in [3.63, 3.8) is 0 Å². The van der Waals surface area contributed by atoms with Gasteiger partial charge in [0.15, 0.2) is 5.76 Å². The zero-order valence-corrected chi connectivity index (χ0v) is 17.5. The molecule has 166 valence electrons. The third-order valence-corrected chi connectivity index (χ3v) is 5.88. The van der Waals surface area contributed by atoms with Gasteiger partial charge in [0.1, 0.15) is 5.69 Å². The van der Waals surface area contributed by atoms with Crippen LogP contribution >= 0.6 is 11.6 Å². The maximum atomic E-state index is 13.3. The highest BCUT2D eigenvalue weighted by Gasteiger charge is 2.34. The number of fused-ring (bicyclic) bond motifs is 1. The van der Waals surface area contributed by atoms with E-state index in [1.807, 2.05) is 6.08 Å². The van der Waals surface area contributed by atoms with Crippen LogP contribution in [0.4, 0.5) is 18.9 Å². The summed E-state index contributed by atoms with van der Waals surface area (Å²) >= 11 is 6.06. The Kier molecular flexibility index (Phi) is 6.27. The third-order valence-electron chi connectivity index (χ3n) is 5.64. The van der Waals surface area contributed by atoms with Gasteiger partial charge in [0.2, 0.25) is 0 Å². The second kappa shape index (κ2) is 8.94. The van der Waals surface area contributed by atoms with Gasteiger partial charge >= 0.3 is 6.18 Å². The first-order valence-electron chi connectivity index (χ1n) is 10.4. The largest absolute Gasteiger partial charge is 0.488 e. The SMILES string of the molecule is O=C(NC1CCC(Nc2cc(C(F)(F)F)nc3ccc(Cl)cc23)CC1)C1=CCCCO1. The summed E-state index contributed by atoms with van der Waals surface area (Å²) in [4.78, 5) is 16.0. The molecule has 0 unspecified atom stereocenters. The fourth-order valence-electron chi connectivity index (χ4n) is 4.04. The molecule has 1 aromatic carbocycles. The lowest BCUT2D eigenvalue weighted by atomic mass is 9.90. The second-order valence-electron chi connectivity index (χ2n) is 7.94. The maximum Gasteiger partial charge on any atom is 0.433 e. The van der Waals surface area contributed by atoms with E-state index in [-0.39, 0.29) is 23.5 Å². The molecule has 1 saturated carbocycles. The number of nitrogens with one attached hydrogen (secondary N) is 2. The number of hydrogen-bond acceptors (Lipinski definition) is 4. The molecular weight excluding hydrogens is 431 g/mol. The van der Waals surface area contributed by atoms with Crippen LogP contribution in [0.5, 0.6) is 0 Å². The van der Waals surface area contributed by atoms with Gasteiger partial charge < -0.3 is 15.4 Å². The molecule has 0 radical (unpaired) electrons. The first-order valence-corrected chi connectivity index (χ1v) is 10.8. The van der Waals surface area contributed by atoms with Crippen molar-refractivity contribution in [2.45, 2.75) is 56.8 Å². The van der Waals surface area contributed by atoms with E-state index in [1.165, 1.54) is 12.1 Å². The first-order chi connectivity index (χ1) is 14.8. The molecule has 1 amide bonds. The van der Waals surface area contributed by atoms with E-state index in [1.54, 1.807) is 6.07 Å². The molecule has 2 aliphatic rings. The minimum atomic E-state index is -4.54. The van der Waals surface area contributed by atoms with Gasteiger partial charge in [-0.3, -0.25) is 4.79 Å². The summed E-state index contributed by atoms with van der Waals surface area (Å²) in [6.45, 7) is 0.555. The topological polar surface area (TPSA) is 63.2 Å². The Bertz CT molecular complexity index is 1000. The minimum Gasteiger partial charge on any atom is -0.488 e. The first kappa shape index (κ1) is 21.7. The number of allylic oxidation sites excluding steroid dienone is 1. The number of hydrogen-bond donors (Lipinski definition) is 2. The summed E-state index contributed by atoms with van der Waals surface area (Å²) in [5.41, 5.74) is -0.331. The van der Waals surface area contributed by atoms with E-state index >= 15 is 0 Å². The van der Waals surface area contributed by atoms with E-state index < -0.39 is 11.9 Å². The Morgan fingerprint density at radius 3 is 2.55 bits per heavy atom. The van der Waals surface area contributed by atoms with Gasteiger partial charge in [-0.1, -0.05) is 11.6 Å². The van der Waals surface area contributed by atoms with E-state index in [4.69, 9.17) is 16.3 Å². The Morgan fingerprint density at radius 2 is 1.87 bits per heavy atom. The van der Waals surface area contributed by atoms with Crippen molar-refractivity contribution in [1.29, 1.82) is 0 Å². The average Bonchev–Trinajstić information content (AvgIpc) is 2.75. The number of carbonyl (C=O) groups excluding carboxylic acids is 1. The number of carbonyl (C=O) groups is 1. The molecular formula is C22H23ClF3N3O2. The lowest BCUT2D eigenvalue weighted by Gasteiger charge is -2.31. The highest BCUT2D eigenvalue weighted by atomic mass is 35.5. The molecule has 9 heteroatoms. The summed E-state index contributed by atoms with van der Waals surface area (Å²) in [6, 6.07) is 5.69. The lowest BCUT2D eigenvalue weighted by Crippen LogP contribution is -2.41. The van der Waals surface area contributed by atoms with Crippen molar-refractivity contribution in [2.75, 3.05) is 11.9 Å². The summed E-state index contributed by atoms with van der Waals surface area (Å²) in [7, 11) is 0. The summed E-state index contributed by atoms with van der Waals surface area (Å²) in [6.07, 6.45) is 1.92. The number of nitrogens with zero attached hydrogens (tertiary/aromatic N) is 1. The number of ether oxygens (including phenoxy) is 1. The summed E-state index contributed by atoms with van der Waals surface area (Å²) in [5.74, 6) is 0.187. The van der Waals surface area contributed by atoms with Gasteiger partial charge in [-0.15, -0.1) is 0 Å². The molecule has 1 aliphatic heterocycles. The fourth-order valence-corrected chi connectivity index (χ4v) is 4.21. The van der Waals surface area contributed by atoms with Crippen LogP contribution in [0.2, 0.25) is 5.02 Å². The predicted octanol–water partition coefficient (Wildman–Crippen LogP) is 5.44. The van der Waals surface area contributed by atoms with E-state index in [9.17, 15) is 18.0 Å². The van der Waals surface area contributed by atoms with Crippen LogP contribution < -0.4 is 10.6 Å². The van der Waals surface area contributed by atoms with Crippen molar-refractivity contribution in [3.8, 4) is 0 Å². The maximum absolute atomic E-state index is 13.3. The van der Waals surface area contributed by atoms with Crippen LogP contribution in [-0.4, -0.2) is 29.6 Å². The van der Waals surface area contributed by atoms with Crippen molar-refractivity contribution in [3.05, 3.63) is 46.8 Å². The average molecular weight is 454 g/mol. The molecule has 2 aromatic rings. The Labute approximate surface area is 183 Å². The number of halogens is 4. The standard InChI is InChI=1S/C22H23ClF3N3O2/c23-13-4-9-17-16(11-13)18(12-20(29-17)22(24,25)26)27-14-5-7-15(8-6-14)28-21(30)19-3-1-2-10-31-19/h3-4,9,11-12,14-15H,1-2,5-8,10H2,(H,27,29)(H,28,30). The predicted molar refractivity (Wildman–Crippen MR) is 113 cm³/mol. The Hall–Kier alpha value is -2.48.